The van der Waals surface area contributed by atoms with Gasteiger partial charge in [-0.25, -0.2) is 0 Å². The van der Waals surface area contributed by atoms with Crippen LogP contribution >= 0.6 is 0 Å². The van der Waals surface area contributed by atoms with Gasteiger partial charge in [-0.05, 0) is 19.2 Å². The number of carbonyl (C=O) groups is 2. The number of hydrogen-bond donors (Lipinski definition) is 1. The molecule has 0 atom stereocenters. The summed E-state index contributed by atoms with van der Waals surface area (Å²) in [6.07, 6.45) is 0.819. The Kier molecular flexibility index (Phi) is 3.99. The fourth-order valence-corrected chi connectivity index (χ4v) is 1.95. The minimum atomic E-state index is -0.108. The van der Waals surface area contributed by atoms with Crippen LogP contribution in [0.2, 0.25) is 0 Å². The van der Waals surface area contributed by atoms with Gasteiger partial charge in [0.2, 0.25) is 6.41 Å². The van der Waals surface area contributed by atoms with E-state index in [1.807, 2.05) is 7.05 Å². The molecule has 0 saturated carbocycles. The quantitative estimate of drug-likeness (QED) is 0.760. The molecule has 6 nitrogen and oxygen atoms in total. The number of rotatable bonds is 4. The first-order chi connectivity index (χ1) is 8.74. The molecule has 1 aromatic heterocycles. The van der Waals surface area contributed by atoms with Gasteiger partial charge >= 0.3 is 0 Å². The molecule has 0 aliphatic carbocycles. The van der Waals surface area contributed by atoms with Crippen molar-refractivity contribution in [3.8, 4) is 0 Å². The number of carbonyl (C=O) groups excluding carboxylic acids is 2. The Labute approximate surface area is 106 Å². The van der Waals surface area contributed by atoms with Gasteiger partial charge in [0.15, 0.2) is 5.76 Å². The van der Waals surface area contributed by atoms with E-state index in [4.69, 9.17) is 4.42 Å². The predicted octanol–water partition coefficient (Wildman–Crippen LogP) is -0.0868. The molecule has 1 aliphatic heterocycles. The maximum atomic E-state index is 12.1. The lowest BCUT2D eigenvalue weighted by Crippen LogP contribution is -2.48. The molecule has 0 unspecified atom stereocenters. The zero-order valence-corrected chi connectivity index (χ0v) is 10.4. The molecule has 0 spiro atoms. The third kappa shape index (κ3) is 2.70. The summed E-state index contributed by atoms with van der Waals surface area (Å²) in [5.74, 6) is 0.995. The van der Waals surface area contributed by atoms with Crippen molar-refractivity contribution in [1.82, 2.24) is 15.1 Å². The van der Waals surface area contributed by atoms with Crippen LogP contribution in [0.15, 0.2) is 16.5 Å². The van der Waals surface area contributed by atoms with Gasteiger partial charge in [-0.2, -0.15) is 0 Å². The second-order valence-corrected chi connectivity index (χ2v) is 4.23. The smallest absolute Gasteiger partial charge is 0.289 e. The van der Waals surface area contributed by atoms with Crippen molar-refractivity contribution >= 4 is 12.3 Å². The summed E-state index contributed by atoms with van der Waals surface area (Å²) >= 11 is 0. The molecule has 0 aromatic carbocycles. The lowest BCUT2D eigenvalue weighted by atomic mass is 10.3. The van der Waals surface area contributed by atoms with Crippen LogP contribution in [0.4, 0.5) is 0 Å². The van der Waals surface area contributed by atoms with Crippen LogP contribution in [0.25, 0.3) is 0 Å². The van der Waals surface area contributed by atoms with Crippen LogP contribution in [0.3, 0.4) is 0 Å². The molecule has 2 heterocycles. The highest BCUT2D eigenvalue weighted by Gasteiger charge is 2.23. The summed E-state index contributed by atoms with van der Waals surface area (Å²) in [7, 11) is 1.82. The molecule has 1 N–H and O–H groups in total. The minimum Gasteiger partial charge on any atom is -0.455 e. The summed E-state index contributed by atoms with van der Waals surface area (Å²) in [6.45, 7) is 2.88. The van der Waals surface area contributed by atoms with E-state index in [0.29, 0.717) is 38.5 Å². The van der Waals surface area contributed by atoms with Crippen molar-refractivity contribution in [2.45, 2.75) is 6.54 Å². The summed E-state index contributed by atoms with van der Waals surface area (Å²) in [5.41, 5.74) is 0. The molecule has 2 amide bonds. The lowest BCUT2D eigenvalue weighted by Gasteiger charge is -2.31. The van der Waals surface area contributed by atoms with E-state index >= 15 is 0 Å². The van der Waals surface area contributed by atoms with Crippen molar-refractivity contribution in [2.24, 2.45) is 0 Å². The lowest BCUT2D eigenvalue weighted by molar-refractivity contribution is -0.119. The van der Waals surface area contributed by atoms with Crippen molar-refractivity contribution in [2.75, 3.05) is 33.2 Å². The molecular formula is C12H17N3O3. The zero-order chi connectivity index (χ0) is 13.0. The Morgan fingerprint density at radius 2 is 2.11 bits per heavy atom. The summed E-state index contributed by atoms with van der Waals surface area (Å²) in [6, 6.07) is 3.49. The number of nitrogens with one attached hydrogen (secondary N) is 1. The second kappa shape index (κ2) is 5.68. The Bertz CT molecular complexity index is 422. The average molecular weight is 251 g/mol. The maximum Gasteiger partial charge on any atom is 0.289 e. The van der Waals surface area contributed by atoms with E-state index < -0.39 is 0 Å². The van der Waals surface area contributed by atoms with Gasteiger partial charge in [-0.1, -0.05) is 0 Å². The van der Waals surface area contributed by atoms with Gasteiger partial charge in [-0.15, -0.1) is 0 Å². The Balaban J connectivity index is 1.96. The SMILES string of the molecule is CNCc1ccc(C(=O)N2CCN(C=O)CC2)o1. The first-order valence-electron chi connectivity index (χ1n) is 5.96. The third-order valence-corrected chi connectivity index (χ3v) is 2.97. The highest BCUT2D eigenvalue weighted by Crippen LogP contribution is 2.12. The van der Waals surface area contributed by atoms with E-state index in [1.165, 1.54) is 0 Å². The second-order valence-electron chi connectivity index (χ2n) is 4.23. The molecule has 98 valence electrons. The van der Waals surface area contributed by atoms with Crippen molar-refractivity contribution in [3.05, 3.63) is 23.7 Å². The van der Waals surface area contributed by atoms with Crippen LogP contribution < -0.4 is 5.32 Å². The summed E-state index contributed by atoms with van der Waals surface area (Å²) < 4.78 is 5.46. The fourth-order valence-electron chi connectivity index (χ4n) is 1.95. The van der Waals surface area contributed by atoms with Crippen LogP contribution in [0, 0.1) is 0 Å². The molecule has 1 aromatic rings. The van der Waals surface area contributed by atoms with E-state index in [2.05, 4.69) is 5.32 Å². The van der Waals surface area contributed by atoms with Crippen LogP contribution in [0.1, 0.15) is 16.3 Å². The maximum absolute atomic E-state index is 12.1. The van der Waals surface area contributed by atoms with Gasteiger partial charge in [0, 0.05) is 26.2 Å². The van der Waals surface area contributed by atoms with E-state index in [9.17, 15) is 9.59 Å². The van der Waals surface area contributed by atoms with Crippen molar-refractivity contribution < 1.29 is 14.0 Å². The molecule has 1 aliphatic rings. The molecule has 18 heavy (non-hydrogen) atoms. The summed E-state index contributed by atoms with van der Waals surface area (Å²) in [5, 5.41) is 2.97. The predicted molar refractivity (Wildman–Crippen MR) is 65.0 cm³/mol. The van der Waals surface area contributed by atoms with E-state index in [0.717, 1.165) is 12.2 Å². The van der Waals surface area contributed by atoms with Gasteiger partial charge in [0.1, 0.15) is 5.76 Å². The van der Waals surface area contributed by atoms with Gasteiger partial charge in [-0.3, -0.25) is 9.59 Å². The van der Waals surface area contributed by atoms with E-state index in [1.54, 1.807) is 21.9 Å². The highest BCUT2D eigenvalue weighted by atomic mass is 16.4. The molecule has 0 radical (unpaired) electrons. The first kappa shape index (κ1) is 12.6. The monoisotopic (exact) mass is 251 g/mol. The molecule has 1 saturated heterocycles. The van der Waals surface area contributed by atoms with E-state index in [-0.39, 0.29) is 5.91 Å². The Morgan fingerprint density at radius 3 is 2.72 bits per heavy atom. The normalized spacial score (nSPS) is 15.8. The fraction of sp³-hybridized carbons (Fsp3) is 0.500. The van der Waals surface area contributed by atoms with Gasteiger partial charge in [0.05, 0.1) is 6.54 Å². The number of hydrogen-bond acceptors (Lipinski definition) is 4. The Morgan fingerprint density at radius 1 is 1.39 bits per heavy atom. The minimum absolute atomic E-state index is 0.108. The number of amides is 2. The highest BCUT2D eigenvalue weighted by molar-refractivity contribution is 5.91. The Hall–Kier alpha value is -1.82. The van der Waals surface area contributed by atoms with Crippen LogP contribution in [-0.2, 0) is 11.3 Å². The van der Waals surface area contributed by atoms with Crippen molar-refractivity contribution in [1.29, 1.82) is 0 Å². The van der Waals surface area contributed by atoms with Gasteiger partial charge < -0.3 is 19.5 Å². The summed E-state index contributed by atoms with van der Waals surface area (Å²) in [4.78, 5) is 26.1. The standard InChI is InChI=1S/C12H17N3O3/c1-13-8-10-2-3-11(18-10)12(17)15-6-4-14(9-16)5-7-15/h2-3,9,13H,4-8H2,1H3. The number of piperazine rings is 1. The largest absolute Gasteiger partial charge is 0.455 e. The molecule has 1 fully saturated rings. The van der Waals surface area contributed by atoms with Gasteiger partial charge in [0.25, 0.3) is 5.91 Å². The number of furan rings is 1. The van der Waals surface area contributed by atoms with Crippen LogP contribution in [-0.4, -0.2) is 55.3 Å². The number of nitrogens with zero attached hydrogens (tertiary/aromatic N) is 2. The van der Waals surface area contributed by atoms with Crippen molar-refractivity contribution in [3.63, 3.8) is 0 Å². The molecule has 6 heteroatoms. The molecule has 2 rings (SSSR count). The molecular weight excluding hydrogens is 234 g/mol. The zero-order valence-electron chi connectivity index (χ0n) is 10.4. The topological polar surface area (TPSA) is 65.8 Å². The third-order valence-electron chi connectivity index (χ3n) is 2.97. The average Bonchev–Trinajstić information content (AvgIpc) is 2.87. The molecule has 0 bridgehead atoms. The first-order valence-corrected chi connectivity index (χ1v) is 5.96. The van der Waals surface area contributed by atoms with Crippen LogP contribution in [0.5, 0.6) is 0 Å².